The smallest absolute Gasteiger partial charge is 0.0892 e. The Morgan fingerprint density at radius 1 is 1.20 bits per heavy atom. The predicted octanol–water partition coefficient (Wildman–Crippen LogP) is 2.68. The Kier molecular flexibility index (Phi) is 2.81. The van der Waals surface area contributed by atoms with Crippen LogP contribution in [0.15, 0.2) is 30.3 Å². The third kappa shape index (κ3) is 2.21. The van der Waals surface area contributed by atoms with Crippen LogP contribution in [0.3, 0.4) is 0 Å². The molecule has 0 spiro atoms. The fourth-order valence-corrected chi connectivity index (χ4v) is 2.06. The number of rotatable bonds is 1. The summed E-state index contributed by atoms with van der Waals surface area (Å²) in [6, 6.07) is 10.2. The average molecular weight is 206 g/mol. The van der Waals surface area contributed by atoms with Crippen molar-refractivity contribution >= 4 is 0 Å². The maximum Gasteiger partial charge on any atom is 0.0892 e. The first kappa shape index (κ1) is 10.7. The summed E-state index contributed by atoms with van der Waals surface area (Å²) in [5, 5.41) is 9.78. The molecule has 0 aromatic heterocycles. The van der Waals surface area contributed by atoms with Crippen LogP contribution in [0.25, 0.3) is 0 Å². The van der Waals surface area contributed by atoms with Crippen molar-refractivity contribution in [3.63, 3.8) is 0 Å². The van der Waals surface area contributed by atoms with Gasteiger partial charge in [0.05, 0.1) is 17.8 Å². The van der Waals surface area contributed by atoms with Crippen LogP contribution in [0.2, 0.25) is 0 Å². The Morgan fingerprint density at radius 3 is 2.47 bits per heavy atom. The highest BCUT2D eigenvalue weighted by Crippen LogP contribution is 2.36. The molecule has 2 unspecified atom stereocenters. The van der Waals surface area contributed by atoms with Gasteiger partial charge >= 0.3 is 0 Å². The van der Waals surface area contributed by atoms with Gasteiger partial charge in [-0.25, -0.2) is 0 Å². The Bertz CT molecular complexity index is 319. The minimum atomic E-state index is -0.432. The fourth-order valence-electron chi connectivity index (χ4n) is 2.06. The number of aliphatic hydroxyl groups is 1. The van der Waals surface area contributed by atoms with Gasteiger partial charge in [-0.15, -0.1) is 0 Å². The van der Waals surface area contributed by atoms with Gasteiger partial charge in [0, 0.05) is 0 Å². The van der Waals surface area contributed by atoms with Crippen molar-refractivity contribution in [2.24, 2.45) is 0 Å². The summed E-state index contributed by atoms with van der Waals surface area (Å²) in [7, 11) is 0. The lowest BCUT2D eigenvalue weighted by atomic mass is 9.89. The SMILES string of the molecule is CC1(C)OC(c2ccccc2)CCC1O. The van der Waals surface area contributed by atoms with Crippen LogP contribution in [-0.2, 0) is 4.74 Å². The molecule has 0 bridgehead atoms. The van der Waals surface area contributed by atoms with E-state index in [-0.39, 0.29) is 12.2 Å². The number of ether oxygens (including phenoxy) is 1. The lowest BCUT2D eigenvalue weighted by molar-refractivity contribution is -0.172. The van der Waals surface area contributed by atoms with E-state index < -0.39 is 5.60 Å². The molecule has 0 saturated carbocycles. The highest BCUT2D eigenvalue weighted by molar-refractivity contribution is 5.18. The molecule has 2 rings (SSSR count). The van der Waals surface area contributed by atoms with Crippen LogP contribution in [0.5, 0.6) is 0 Å². The summed E-state index contributed by atoms with van der Waals surface area (Å²) in [6.45, 7) is 3.90. The fraction of sp³-hybridized carbons (Fsp3) is 0.538. The normalized spacial score (nSPS) is 30.1. The molecule has 1 fully saturated rings. The zero-order chi connectivity index (χ0) is 10.9. The van der Waals surface area contributed by atoms with Gasteiger partial charge < -0.3 is 9.84 Å². The lowest BCUT2D eigenvalue weighted by Crippen LogP contribution is -2.43. The number of hydrogen-bond acceptors (Lipinski definition) is 2. The second-order valence-corrected chi connectivity index (χ2v) is 4.71. The number of hydrogen-bond donors (Lipinski definition) is 1. The van der Waals surface area contributed by atoms with Gasteiger partial charge in [0.2, 0.25) is 0 Å². The predicted molar refractivity (Wildman–Crippen MR) is 59.6 cm³/mol. The molecule has 1 N–H and O–H groups in total. The van der Waals surface area contributed by atoms with Crippen molar-refractivity contribution in [2.75, 3.05) is 0 Å². The van der Waals surface area contributed by atoms with E-state index in [1.807, 2.05) is 32.0 Å². The second-order valence-electron chi connectivity index (χ2n) is 4.71. The highest BCUT2D eigenvalue weighted by atomic mass is 16.5. The van der Waals surface area contributed by atoms with Crippen molar-refractivity contribution in [1.29, 1.82) is 0 Å². The third-order valence-electron chi connectivity index (χ3n) is 3.12. The minimum absolute atomic E-state index is 0.129. The zero-order valence-electron chi connectivity index (χ0n) is 9.31. The van der Waals surface area contributed by atoms with E-state index in [1.165, 1.54) is 5.56 Å². The molecule has 2 nitrogen and oxygen atoms in total. The first-order chi connectivity index (χ1) is 7.09. The maximum atomic E-state index is 9.78. The average Bonchev–Trinajstić information content (AvgIpc) is 2.23. The first-order valence-corrected chi connectivity index (χ1v) is 5.50. The van der Waals surface area contributed by atoms with Crippen LogP contribution in [0.4, 0.5) is 0 Å². The molecule has 1 heterocycles. The number of benzene rings is 1. The van der Waals surface area contributed by atoms with Crippen molar-refractivity contribution < 1.29 is 9.84 Å². The van der Waals surface area contributed by atoms with Gasteiger partial charge in [0.25, 0.3) is 0 Å². The third-order valence-corrected chi connectivity index (χ3v) is 3.12. The van der Waals surface area contributed by atoms with E-state index >= 15 is 0 Å². The summed E-state index contributed by atoms with van der Waals surface area (Å²) < 4.78 is 5.92. The summed E-state index contributed by atoms with van der Waals surface area (Å²) in [6.07, 6.45) is 1.49. The van der Waals surface area contributed by atoms with Crippen molar-refractivity contribution in [1.82, 2.24) is 0 Å². The van der Waals surface area contributed by atoms with E-state index in [1.54, 1.807) is 0 Å². The van der Waals surface area contributed by atoms with Crippen LogP contribution in [0, 0.1) is 0 Å². The van der Waals surface area contributed by atoms with Crippen LogP contribution < -0.4 is 0 Å². The molecule has 15 heavy (non-hydrogen) atoms. The molecule has 1 aliphatic heterocycles. The standard InChI is InChI=1S/C13H18O2/c1-13(2)12(14)9-8-11(15-13)10-6-4-3-5-7-10/h3-7,11-12,14H,8-9H2,1-2H3. The quantitative estimate of drug-likeness (QED) is 0.765. The maximum absolute atomic E-state index is 9.78. The zero-order valence-corrected chi connectivity index (χ0v) is 9.31. The van der Waals surface area contributed by atoms with Crippen molar-refractivity contribution in [3.8, 4) is 0 Å². The van der Waals surface area contributed by atoms with Crippen LogP contribution in [-0.4, -0.2) is 16.8 Å². The number of aliphatic hydroxyl groups excluding tert-OH is 1. The Hall–Kier alpha value is -0.860. The summed E-state index contributed by atoms with van der Waals surface area (Å²) in [4.78, 5) is 0. The van der Waals surface area contributed by atoms with Gasteiger partial charge in [0.15, 0.2) is 0 Å². The molecule has 82 valence electrons. The van der Waals surface area contributed by atoms with Gasteiger partial charge in [-0.05, 0) is 32.3 Å². The van der Waals surface area contributed by atoms with Crippen LogP contribution >= 0.6 is 0 Å². The largest absolute Gasteiger partial charge is 0.390 e. The van der Waals surface area contributed by atoms with Crippen molar-refractivity contribution in [3.05, 3.63) is 35.9 Å². The molecular formula is C13H18O2. The van der Waals surface area contributed by atoms with E-state index in [0.29, 0.717) is 0 Å². The Balaban J connectivity index is 2.14. The van der Waals surface area contributed by atoms with Crippen molar-refractivity contribution in [2.45, 2.75) is 44.5 Å². The summed E-state index contributed by atoms with van der Waals surface area (Å²) in [5.74, 6) is 0. The molecular weight excluding hydrogens is 188 g/mol. The lowest BCUT2D eigenvalue weighted by Gasteiger charge is -2.40. The molecule has 0 amide bonds. The van der Waals surface area contributed by atoms with E-state index in [0.717, 1.165) is 12.8 Å². The second kappa shape index (κ2) is 3.95. The molecule has 1 aromatic rings. The van der Waals surface area contributed by atoms with Gasteiger partial charge in [0.1, 0.15) is 0 Å². The summed E-state index contributed by atoms with van der Waals surface area (Å²) >= 11 is 0. The molecule has 1 aliphatic rings. The Labute approximate surface area is 90.9 Å². The van der Waals surface area contributed by atoms with E-state index in [4.69, 9.17) is 4.74 Å². The molecule has 2 heteroatoms. The molecule has 0 aliphatic carbocycles. The first-order valence-electron chi connectivity index (χ1n) is 5.50. The minimum Gasteiger partial charge on any atom is -0.390 e. The van der Waals surface area contributed by atoms with Crippen LogP contribution in [0.1, 0.15) is 38.4 Å². The molecule has 0 radical (unpaired) electrons. The summed E-state index contributed by atoms with van der Waals surface area (Å²) in [5.41, 5.74) is 0.774. The topological polar surface area (TPSA) is 29.5 Å². The Morgan fingerprint density at radius 2 is 1.87 bits per heavy atom. The molecule has 1 aromatic carbocycles. The van der Waals surface area contributed by atoms with Gasteiger partial charge in [-0.3, -0.25) is 0 Å². The van der Waals surface area contributed by atoms with Gasteiger partial charge in [-0.2, -0.15) is 0 Å². The van der Waals surface area contributed by atoms with E-state index in [2.05, 4.69) is 12.1 Å². The monoisotopic (exact) mass is 206 g/mol. The molecule has 2 atom stereocenters. The van der Waals surface area contributed by atoms with E-state index in [9.17, 15) is 5.11 Å². The molecule has 1 saturated heterocycles. The highest BCUT2D eigenvalue weighted by Gasteiger charge is 2.36. The van der Waals surface area contributed by atoms with Gasteiger partial charge in [-0.1, -0.05) is 30.3 Å².